The minimum absolute atomic E-state index is 0.0700. The first-order chi connectivity index (χ1) is 6.03. The van der Waals surface area contributed by atoms with Crippen LogP contribution in [-0.4, -0.2) is 29.5 Å². The van der Waals surface area contributed by atoms with Gasteiger partial charge in [0.05, 0.1) is 12.4 Å². The van der Waals surface area contributed by atoms with Crippen LogP contribution >= 0.6 is 11.8 Å². The lowest BCUT2D eigenvalue weighted by atomic mass is 9.94. The molecule has 0 bridgehead atoms. The minimum atomic E-state index is -2.49. The van der Waals surface area contributed by atoms with Crippen molar-refractivity contribution in [3.05, 3.63) is 0 Å². The van der Waals surface area contributed by atoms with Crippen LogP contribution in [0.1, 0.15) is 19.8 Å². The summed E-state index contributed by atoms with van der Waals surface area (Å²) in [6, 6.07) is 0. The summed E-state index contributed by atoms with van der Waals surface area (Å²) in [5.41, 5.74) is 0. The number of carbonyl (C=O) groups is 1. The van der Waals surface area contributed by atoms with Crippen molar-refractivity contribution in [2.75, 3.05) is 12.4 Å². The van der Waals surface area contributed by atoms with E-state index in [2.05, 4.69) is 4.74 Å². The highest BCUT2D eigenvalue weighted by molar-refractivity contribution is 8.00. The summed E-state index contributed by atoms with van der Waals surface area (Å²) in [5.74, 6) is -2.62. The van der Waals surface area contributed by atoms with E-state index < -0.39 is 5.92 Å². The van der Waals surface area contributed by atoms with Gasteiger partial charge in [0, 0.05) is 18.1 Å². The summed E-state index contributed by atoms with van der Waals surface area (Å²) in [7, 11) is 0. The van der Waals surface area contributed by atoms with Crippen molar-refractivity contribution in [1.82, 2.24) is 0 Å². The molecular formula is C8H12F2O2S. The molecule has 1 rings (SSSR count). The largest absolute Gasteiger partial charge is 0.465 e. The van der Waals surface area contributed by atoms with Crippen LogP contribution in [0.25, 0.3) is 0 Å². The van der Waals surface area contributed by atoms with Crippen LogP contribution in [0.4, 0.5) is 8.78 Å². The number of hydrogen-bond acceptors (Lipinski definition) is 3. The van der Waals surface area contributed by atoms with Crippen molar-refractivity contribution in [2.45, 2.75) is 30.9 Å². The Balaban J connectivity index is 2.05. The SMILES string of the molecule is CCOC(=O)CSC1CC(F)(F)C1. The summed E-state index contributed by atoms with van der Waals surface area (Å²) < 4.78 is 29.3. The Morgan fingerprint density at radius 2 is 2.23 bits per heavy atom. The minimum Gasteiger partial charge on any atom is -0.465 e. The van der Waals surface area contributed by atoms with Crippen molar-refractivity contribution in [2.24, 2.45) is 0 Å². The highest BCUT2D eigenvalue weighted by Gasteiger charge is 2.45. The summed E-state index contributed by atoms with van der Waals surface area (Å²) in [6.45, 7) is 2.07. The van der Waals surface area contributed by atoms with Gasteiger partial charge in [-0.3, -0.25) is 4.79 Å². The van der Waals surface area contributed by atoms with Crippen LogP contribution in [0.3, 0.4) is 0 Å². The summed E-state index contributed by atoms with van der Waals surface area (Å²) >= 11 is 1.26. The molecule has 1 aliphatic rings. The zero-order chi connectivity index (χ0) is 9.90. The molecule has 13 heavy (non-hydrogen) atoms. The third-order valence-corrected chi connectivity index (χ3v) is 3.00. The molecule has 0 aromatic rings. The number of hydrogen-bond donors (Lipinski definition) is 0. The van der Waals surface area contributed by atoms with Crippen molar-refractivity contribution in [1.29, 1.82) is 0 Å². The van der Waals surface area contributed by atoms with E-state index in [9.17, 15) is 13.6 Å². The van der Waals surface area contributed by atoms with E-state index in [1.165, 1.54) is 11.8 Å². The number of halogens is 2. The zero-order valence-electron chi connectivity index (χ0n) is 7.39. The number of alkyl halides is 2. The molecule has 0 spiro atoms. The Morgan fingerprint density at radius 3 is 2.69 bits per heavy atom. The molecular weight excluding hydrogens is 198 g/mol. The lowest BCUT2D eigenvalue weighted by Gasteiger charge is -2.34. The van der Waals surface area contributed by atoms with Crippen molar-refractivity contribution >= 4 is 17.7 Å². The molecule has 5 heteroatoms. The van der Waals surface area contributed by atoms with E-state index in [-0.39, 0.29) is 29.8 Å². The Morgan fingerprint density at radius 1 is 1.62 bits per heavy atom. The van der Waals surface area contributed by atoms with E-state index >= 15 is 0 Å². The molecule has 0 saturated heterocycles. The normalized spacial score (nSPS) is 20.8. The van der Waals surface area contributed by atoms with Gasteiger partial charge in [0.25, 0.3) is 0 Å². The van der Waals surface area contributed by atoms with Crippen molar-refractivity contribution in [3.63, 3.8) is 0 Å². The van der Waals surface area contributed by atoms with Crippen molar-refractivity contribution < 1.29 is 18.3 Å². The average molecular weight is 210 g/mol. The van der Waals surface area contributed by atoms with Crippen molar-refractivity contribution in [3.8, 4) is 0 Å². The monoisotopic (exact) mass is 210 g/mol. The zero-order valence-corrected chi connectivity index (χ0v) is 8.20. The topological polar surface area (TPSA) is 26.3 Å². The molecule has 76 valence electrons. The fourth-order valence-electron chi connectivity index (χ4n) is 1.11. The van der Waals surface area contributed by atoms with Crippen LogP contribution in [0.5, 0.6) is 0 Å². The number of rotatable bonds is 4. The molecule has 0 atom stereocenters. The number of thioether (sulfide) groups is 1. The van der Waals surface area contributed by atoms with Crippen LogP contribution in [-0.2, 0) is 9.53 Å². The molecule has 0 aliphatic heterocycles. The predicted octanol–water partition coefficient (Wildman–Crippen LogP) is 2.08. The van der Waals surface area contributed by atoms with Crippen LogP contribution in [0.2, 0.25) is 0 Å². The molecule has 0 heterocycles. The van der Waals surface area contributed by atoms with Gasteiger partial charge in [-0.15, -0.1) is 11.8 Å². The Kier molecular flexibility index (Phi) is 3.53. The lowest BCUT2D eigenvalue weighted by molar-refractivity contribution is -0.139. The fourth-order valence-corrected chi connectivity index (χ4v) is 2.29. The molecule has 0 aromatic carbocycles. The Bertz CT molecular complexity index is 189. The Hall–Kier alpha value is -0.320. The fraction of sp³-hybridized carbons (Fsp3) is 0.875. The predicted molar refractivity (Wildman–Crippen MR) is 47.1 cm³/mol. The van der Waals surface area contributed by atoms with Gasteiger partial charge >= 0.3 is 5.97 Å². The molecule has 0 unspecified atom stereocenters. The van der Waals surface area contributed by atoms with E-state index in [1.54, 1.807) is 6.92 Å². The van der Waals surface area contributed by atoms with E-state index in [0.29, 0.717) is 6.61 Å². The standard InChI is InChI=1S/C8H12F2O2S/c1-2-12-7(11)5-13-6-3-8(9,10)4-6/h6H,2-5H2,1H3. The van der Waals surface area contributed by atoms with Crippen LogP contribution in [0, 0.1) is 0 Å². The average Bonchev–Trinajstić information content (AvgIpc) is 1.97. The quantitative estimate of drug-likeness (QED) is 0.664. The molecule has 0 amide bonds. The molecule has 1 saturated carbocycles. The third-order valence-electron chi connectivity index (χ3n) is 1.79. The van der Waals surface area contributed by atoms with Gasteiger partial charge in [-0.2, -0.15) is 0 Å². The number of esters is 1. The van der Waals surface area contributed by atoms with Crippen LogP contribution < -0.4 is 0 Å². The Labute approximate surface area is 80.0 Å². The molecule has 1 aliphatic carbocycles. The van der Waals surface area contributed by atoms with Gasteiger partial charge < -0.3 is 4.74 Å². The smallest absolute Gasteiger partial charge is 0.315 e. The van der Waals surface area contributed by atoms with E-state index in [0.717, 1.165) is 0 Å². The maximum absolute atomic E-state index is 12.3. The second kappa shape index (κ2) is 4.26. The summed E-state index contributed by atoms with van der Waals surface area (Å²) in [4.78, 5) is 10.8. The van der Waals surface area contributed by atoms with E-state index in [4.69, 9.17) is 0 Å². The highest BCUT2D eigenvalue weighted by Crippen LogP contribution is 2.43. The summed E-state index contributed by atoms with van der Waals surface area (Å²) in [5, 5.41) is -0.0700. The molecule has 0 N–H and O–H groups in total. The lowest BCUT2D eigenvalue weighted by Crippen LogP contribution is -2.38. The first-order valence-corrected chi connectivity index (χ1v) is 5.23. The number of ether oxygens (including phenoxy) is 1. The summed E-state index contributed by atoms with van der Waals surface area (Å²) in [6.07, 6.45) is -0.200. The van der Waals surface area contributed by atoms with Gasteiger partial charge in [-0.1, -0.05) is 0 Å². The van der Waals surface area contributed by atoms with Gasteiger partial charge in [0.1, 0.15) is 0 Å². The second-order valence-corrected chi connectivity index (χ2v) is 4.29. The molecule has 0 aromatic heterocycles. The molecule has 1 fully saturated rings. The first kappa shape index (κ1) is 10.8. The maximum atomic E-state index is 12.3. The second-order valence-electron chi connectivity index (χ2n) is 3.00. The van der Waals surface area contributed by atoms with Gasteiger partial charge in [0.15, 0.2) is 0 Å². The maximum Gasteiger partial charge on any atom is 0.315 e. The molecule has 2 nitrogen and oxygen atoms in total. The highest BCUT2D eigenvalue weighted by atomic mass is 32.2. The first-order valence-electron chi connectivity index (χ1n) is 4.18. The number of carbonyl (C=O) groups excluding carboxylic acids is 1. The van der Waals surface area contributed by atoms with Crippen LogP contribution in [0.15, 0.2) is 0 Å². The van der Waals surface area contributed by atoms with Gasteiger partial charge in [0.2, 0.25) is 5.92 Å². The molecule has 0 radical (unpaired) electrons. The van der Waals surface area contributed by atoms with Gasteiger partial charge in [-0.05, 0) is 6.92 Å². The van der Waals surface area contributed by atoms with E-state index in [1.807, 2.05) is 0 Å². The third kappa shape index (κ3) is 3.50. The van der Waals surface area contributed by atoms with Gasteiger partial charge in [-0.25, -0.2) is 8.78 Å².